The van der Waals surface area contributed by atoms with Crippen molar-refractivity contribution in [2.45, 2.75) is 18.7 Å². The highest BCUT2D eigenvalue weighted by atomic mass is 35.5. The molecule has 6 heteroatoms. The van der Waals surface area contributed by atoms with Gasteiger partial charge < -0.3 is 5.32 Å². The number of imide groups is 1. The third-order valence-corrected chi connectivity index (χ3v) is 4.50. The van der Waals surface area contributed by atoms with Gasteiger partial charge in [-0.3, -0.25) is 10.1 Å². The van der Waals surface area contributed by atoms with Crippen LogP contribution >= 0.6 is 23.4 Å². The normalized spacial score (nSPS) is 10.2. The van der Waals surface area contributed by atoms with Gasteiger partial charge in [0.15, 0.2) is 0 Å². The molecule has 0 atom stereocenters. The van der Waals surface area contributed by atoms with Gasteiger partial charge in [-0.15, -0.1) is 11.8 Å². The fourth-order valence-electron chi connectivity index (χ4n) is 1.91. The van der Waals surface area contributed by atoms with Crippen LogP contribution in [-0.4, -0.2) is 17.7 Å². The van der Waals surface area contributed by atoms with Crippen molar-refractivity contribution in [3.63, 3.8) is 0 Å². The molecule has 0 bridgehead atoms. The van der Waals surface area contributed by atoms with Crippen molar-refractivity contribution < 1.29 is 9.59 Å². The summed E-state index contributed by atoms with van der Waals surface area (Å²) in [4.78, 5) is 24.6. The number of hydrogen-bond acceptors (Lipinski definition) is 3. The Kier molecular flexibility index (Phi) is 6.07. The van der Waals surface area contributed by atoms with E-state index in [-0.39, 0.29) is 11.7 Å². The van der Waals surface area contributed by atoms with Crippen LogP contribution in [0.15, 0.2) is 47.4 Å². The standard InChI is InChI=1S/C17H17ClN2O2S/c1-11-5-3-8-15(12(11)2)19-17(22)20-16(21)10-23-14-7-4-6-13(18)9-14/h3-9H,10H2,1-2H3,(H2,19,20,21,22). The molecule has 0 fully saturated rings. The van der Waals surface area contributed by atoms with Gasteiger partial charge in [0.25, 0.3) is 0 Å². The van der Waals surface area contributed by atoms with E-state index in [2.05, 4.69) is 10.6 Å². The minimum atomic E-state index is -0.532. The largest absolute Gasteiger partial charge is 0.325 e. The van der Waals surface area contributed by atoms with E-state index < -0.39 is 6.03 Å². The molecule has 23 heavy (non-hydrogen) atoms. The first-order valence-corrected chi connectivity index (χ1v) is 8.37. The average Bonchev–Trinajstić information content (AvgIpc) is 2.50. The quantitative estimate of drug-likeness (QED) is 0.805. The van der Waals surface area contributed by atoms with Gasteiger partial charge in [-0.05, 0) is 49.2 Å². The van der Waals surface area contributed by atoms with Gasteiger partial charge in [-0.1, -0.05) is 29.8 Å². The maximum Gasteiger partial charge on any atom is 0.325 e. The van der Waals surface area contributed by atoms with E-state index in [0.29, 0.717) is 10.7 Å². The number of urea groups is 1. The molecule has 0 unspecified atom stereocenters. The number of benzene rings is 2. The first kappa shape index (κ1) is 17.4. The Morgan fingerprint density at radius 3 is 2.61 bits per heavy atom. The maximum atomic E-state index is 11.9. The molecule has 2 aromatic rings. The molecule has 0 aromatic heterocycles. The van der Waals surface area contributed by atoms with E-state index in [4.69, 9.17) is 11.6 Å². The highest BCUT2D eigenvalue weighted by Crippen LogP contribution is 2.21. The molecule has 2 N–H and O–H groups in total. The molecule has 0 saturated carbocycles. The third-order valence-electron chi connectivity index (χ3n) is 3.27. The fourth-order valence-corrected chi connectivity index (χ4v) is 2.92. The van der Waals surface area contributed by atoms with Crippen LogP contribution in [0.3, 0.4) is 0 Å². The van der Waals surface area contributed by atoms with Crippen molar-refractivity contribution in [2.24, 2.45) is 0 Å². The van der Waals surface area contributed by atoms with Crippen molar-refractivity contribution in [3.05, 3.63) is 58.6 Å². The summed E-state index contributed by atoms with van der Waals surface area (Å²) in [6, 6.07) is 12.3. The highest BCUT2D eigenvalue weighted by molar-refractivity contribution is 8.00. The Balaban J connectivity index is 1.85. The monoisotopic (exact) mass is 348 g/mol. The van der Waals surface area contributed by atoms with Crippen molar-refractivity contribution >= 4 is 41.0 Å². The van der Waals surface area contributed by atoms with Crippen LogP contribution in [0.4, 0.5) is 10.5 Å². The van der Waals surface area contributed by atoms with Gasteiger partial charge >= 0.3 is 6.03 Å². The van der Waals surface area contributed by atoms with Crippen LogP contribution in [0.1, 0.15) is 11.1 Å². The Bertz CT molecular complexity index is 734. The number of rotatable bonds is 4. The van der Waals surface area contributed by atoms with Crippen LogP contribution in [0.25, 0.3) is 0 Å². The van der Waals surface area contributed by atoms with Gasteiger partial charge in [0, 0.05) is 15.6 Å². The molecular formula is C17H17ClN2O2S. The first-order chi connectivity index (χ1) is 11.0. The summed E-state index contributed by atoms with van der Waals surface area (Å²) in [6.07, 6.45) is 0. The summed E-state index contributed by atoms with van der Waals surface area (Å²) < 4.78 is 0. The van der Waals surface area contributed by atoms with E-state index in [1.54, 1.807) is 18.2 Å². The van der Waals surface area contributed by atoms with Crippen molar-refractivity contribution in [2.75, 3.05) is 11.1 Å². The Morgan fingerprint density at radius 1 is 1.13 bits per heavy atom. The van der Waals surface area contributed by atoms with Crippen molar-refractivity contribution in [1.29, 1.82) is 0 Å². The van der Waals surface area contributed by atoms with E-state index in [1.807, 2.05) is 38.1 Å². The maximum absolute atomic E-state index is 11.9. The molecule has 4 nitrogen and oxygen atoms in total. The lowest BCUT2D eigenvalue weighted by Crippen LogP contribution is -2.35. The second-order valence-electron chi connectivity index (χ2n) is 5.00. The zero-order chi connectivity index (χ0) is 16.8. The van der Waals surface area contributed by atoms with E-state index in [9.17, 15) is 9.59 Å². The number of anilines is 1. The molecule has 2 rings (SSSR count). The Morgan fingerprint density at radius 2 is 1.87 bits per heavy atom. The lowest BCUT2D eigenvalue weighted by Gasteiger charge is -2.10. The number of nitrogens with one attached hydrogen (secondary N) is 2. The third kappa shape index (κ3) is 5.30. The topological polar surface area (TPSA) is 58.2 Å². The molecule has 2 aromatic carbocycles. The predicted octanol–water partition coefficient (Wildman–Crippen LogP) is 4.40. The number of carbonyl (C=O) groups excluding carboxylic acids is 2. The van der Waals surface area contributed by atoms with E-state index in [0.717, 1.165) is 16.0 Å². The number of aryl methyl sites for hydroxylation is 1. The van der Waals surface area contributed by atoms with Crippen molar-refractivity contribution in [3.8, 4) is 0 Å². The summed E-state index contributed by atoms with van der Waals surface area (Å²) in [5, 5.41) is 5.62. The molecule has 0 aliphatic carbocycles. The summed E-state index contributed by atoms with van der Waals surface area (Å²) in [6.45, 7) is 3.88. The number of carbonyl (C=O) groups is 2. The van der Waals surface area contributed by atoms with Crippen LogP contribution in [0, 0.1) is 13.8 Å². The summed E-state index contributed by atoms with van der Waals surface area (Å²) in [5.74, 6) is -0.224. The second kappa shape index (κ2) is 8.04. The van der Waals surface area contributed by atoms with Gasteiger partial charge in [-0.25, -0.2) is 4.79 Å². The van der Waals surface area contributed by atoms with Crippen LogP contribution in [-0.2, 0) is 4.79 Å². The molecule has 0 saturated heterocycles. The molecule has 0 aliphatic heterocycles. The molecule has 0 spiro atoms. The number of thioether (sulfide) groups is 1. The minimum absolute atomic E-state index is 0.139. The lowest BCUT2D eigenvalue weighted by molar-refractivity contribution is -0.117. The zero-order valence-corrected chi connectivity index (χ0v) is 14.4. The van der Waals surface area contributed by atoms with E-state index in [1.165, 1.54) is 11.8 Å². The predicted molar refractivity (Wildman–Crippen MR) is 95.3 cm³/mol. The molecule has 120 valence electrons. The van der Waals surface area contributed by atoms with Gasteiger partial charge in [0.1, 0.15) is 0 Å². The summed E-state index contributed by atoms with van der Waals surface area (Å²) in [7, 11) is 0. The average molecular weight is 349 g/mol. The molecule has 3 amide bonds. The molecule has 0 aliphatic rings. The number of amides is 3. The fraction of sp³-hybridized carbons (Fsp3) is 0.176. The van der Waals surface area contributed by atoms with Crippen LogP contribution in [0.5, 0.6) is 0 Å². The van der Waals surface area contributed by atoms with Gasteiger partial charge in [0.05, 0.1) is 5.75 Å². The highest BCUT2D eigenvalue weighted by Gasteiger charge is 2.10. The summed E-state index contributed by atoms with van der Waals surface area (Å²) in [5.41, 5.74) is 2.74. The molecular weight excluding hydrogens is 332 g/mol. The number of hydrogen-bond donors (Lipinski definition) is 2. The molecule has 0 radical (unpaired) electrons. The first-order valence-electron chi connectivity index (χ1n) is 7.01. The van der Waals surface area contributed by atoms with Crippen LogP contribution in [0.2, 0.25) is 5.02 Å². The molecule has 0 heterocycles. The SMILES string of the molecule is Cc1cccc(NC(=O)NC(=O)CSc2cccc(Cl)c2)c1C. The smallest absolute Gasteiger partial charge is 0.307 e. The van der Waals surface area contributed by atoms with Gasteiger partial charge in [0.2, 0.25) is 5.91 Å². The second-order valence-corrected chi connectivity index (χ2v) is 6.48. The van der Waals surface area contributed by atoms with Gasteiger partial charge in [-0.2, -0.15) is 0 Å². The Hall–Kier alpha value is -1.98. The van der Waals surface area contributed by atoms with E-state index >= 15 is 0 Å². The van der Waals surface area contributed by atoms with Crippen LogP contribution < -0.4 is 10.6 Å². The minimum Gasteiger partial charge on any atom is -0.307 e. The van der Waals surface area contributed by atoms with Crippen molar-refractivity contribution in [1.82, 2.24) is 5.32 Å². The number of halogens is 1. The summed E-state index contributed by atoms with van der Waals surface area (Å²) >= 11 is 7.20. The zero-order valence-electron chi connectivity index (χ0n) is 12.9. The Labute approximate surface area is 144 Å². The lowest BCUT2D eigenvalue weighted by atomic mass is 10.1.